The minimum atomic E-state index is -0.210. The quantitative estimate of drug-likeness (QED) is 0.705. The van der Waals surface area contributed by atoms with E-state index in [1.807, 2.05) is 0 Å². The van der Waals surface area contributed by atoms with Crippen LogP contribution in [0.4, 0.5) is 4.39 Å². The summed E-state index contributed by atoms with van der Waals surface area (Å²) in [4.78, 5) is 2.37. The monoisotopic (exact) mass is 230 g/mol. The molecule has 0 aromatic heterocycles. The first kappa shape index (κ1) is 13.9. The first-order valence-electron chi connectivity index (χ1n) is 6.55. The molecule has 0 aromatic carbocycles. The normalized spacial score (nSPS) is 30.9. The average molecular weight is 230 g/mol. The fourth-order valence-corrected chi connectivity index (χ4v) is 2.87. The van der Waals surface area contributed by atoms with Gasteiger partial charge in [0.05, 0.1) is 6.67 Å². The molecule has 2 nitrogen and oxygen atoms in total. The van der Waals surface area contributed by atoms with Gasteiger partial charge in [-0.15, -0.1) is 0 Å². The molecule has 0 saturated heterocycles. The van der Waals surface area contributed by atoms with E-state index in [-0.39, 0.29) is 6.67 Å². The van der Waals surface area contributed by atoms with Crippen molar-refractivity contribution in [1.82, 2.24) is 10.2 Å². The van der Waals surface area contributed by atoms with Crippen LogP contribution in [0.5, 0.6) is 0 Å². The zero-order chi connectivity index (χ0) is 12.0. The van der Waals surface area contributed by atoms with E-state index in [1.54, 1.807) is 0 Å². The molecule has 3 heteroatoms. The molecule has 16 heavy (non-hydrogen) atoms. The number of rotatable bonds is 6. The van der Waals surface area contributed by atoms with Crippen LogP contribution in [0, 0.1) is 5.92 Å². The first-order valence-corrected chi connectivity index (χ1v) is 6.55. The maximum absolute atomic E-state index is 12.0. The van der Waals surface area contributed by atoms with E-state index in [2.05, 4.69) is 31.2 Å². The van der Waals surface area contributed by atoms with Gasteiger partial charge in [0, 0.05) is 12.1 Å². The SMILES string of the molecule is CC1CCCC(CNCCCF)(N(C)C)C1. The highest BCUT2D eigenvalue weighted by molar-refractivity contribution is 4.94. The van der Waals surface area contributed by atoms with Gasteiger partial charge >= 0.3 is 0 Å². The molecule has 0 bridgehead atoms. The Morgan fingerprint density at radius 3 is 2.75 bits per heavy atom. The molecule has 1 aliphatic rings. The van der Waals surface area contributed by atoms with Crippen LogP contribution in [0.3, 0.4) is 0 Å². The molecule has 2 unspecified atom stereocenters. The van der Waals surface area contributed by atoms with Gasteiger partial charge in [0.1, 0.15) is 0 Å². The molecule has 2 atom stereocenters. The Morgan fingerprint density at radius 2 is 2.19 bits per heavy atom. The van der Waals surface area contributed by atoms with E-state index in [9.17, 15) is 4.39 Å². The zero-order valence-corrected chi connectivity index (χ0v) is 11.1. The maximum Gasteiger partial charge on any atom is 0.0906 e. The van der Waals surface area contributed by atoms with Gasteiger partial charge < -0.3 is 10.2 Å². The summed E-state index contributed by atoms with van der Waals surface area (Å²) >= 11 is 0. The van der Waals surface area contributed by atoms with E-state index in [0.717, 1.165) is 19.0 Å². The summed E-state index contributed by atoms with van der Waals surface area (Å²) in [6.07, 6.45) is 5.86. The Bertz CT molecular complexity index is 196. The molecule has 0 radical (unpaired) electrons. The van der Waals surface area contributed by atoms with Crippen molar-refractivity contribution < 1.29 is 4.39 Å². The van der Waals surface area contributed by atoms with E-state index in [1.165, 1.54) is 25.7 Å². The average Bonchev–Trinajstić information content (AvgIpc) is 2.24. The Hall–Kier alpha value is -0.150. The van der Waals surface area contributed by atoms with Crippen molar-refractivity contribution in [2.45, 2.75) is 44.6 Å². The number of nitrogens with one attached hydrogen (secondary N) is 1. The molecule has 1 saturated carbocycles. The van der Waals surface area contributed by atoms with Crippen molar-refractivity contribution in [3.8, 4) is 0 Å². The van der Waals surface area contributed by atoms with Crippen LogP contribution in [0.2, 0.25) is 0 Å². The molecular formula is C13H27FN2. The van der Waals surface area contributed by atoms with E-state index in [4.69, 9.17) is 0 Å². The molecule has 1 rings (SSSR count). The molecular weight excluding hydrogens is 203 g/mol. The summed E-state index contributed by atoms with van der Waals surface area (Å²) < 4.78 is 12.0. The smallest absolute Gasteiger partial charge is 0.0906 e. The van der Waals surface area contributed by atoms with Crippen LogP contribution >= 0.6 is 0 Å². The predicted octanol–water partition coefficient (Wildman–Crippen LogP) is 2.45. The number of hydrogen-bond acceptors (Lipinski definition) is 2. The molecule has 96 valence electrons. The summed E-state index contributed by atoms with van der Waals surface area (Å²) in [6.45, 7) is 3.95. The number of likely N-dealkylation sites (N-methyl/N-ethyl adjacent to an activating group) is 1. The van der Waals surface area contributed by atoms with Gasteiger partial charge in [0.15, 0.2) is 0 Å². The minimum absolute atomic E-state index is 0.210. The summed E-state index contributed by atoms with van der Waals surface area (Å²) in [5, 5.41) is 3.42. The summed E-state index contributed by atoms with van der Waals surface area (Å²) in [5.74, 6) is 0.819. The fourth-order valence-electron chi connectivity index (χ4n) is 2.87. The first-order chi connectivity index (χ1) is 7.60. The van der Waals surface area contributed by atoms with Gasteiger partial charge in [-0.05, 0) is 45.8 Å². The maximum atomic E-state index is 12.0. The van der Waals surface area contributed by atoms with Crippen molar-refractivity contribution in [2.24, 2.45) is 5.92 Å². The fraction of sp³-hybridized carbons (Fsp3) is 1.00. The van der Waals surface area contributed by atoms with E-state index < -0.39 is 0 Å². The summed E-state index contributed by atoms with van der Waals surface area (Å²) in [6, 6.07) is 0. The third-order valence-electron chi connectivity index (χ3n) is 3.96. The third kappa shape index (κ3) is 3.70. The highest BCUT2D eigenvalue weighted by atomic mass is 19.1. The van der Waals surface area contributed by atoms with Crippen molar-refractivity contribution in [3.63, 3.8) is 0 Å². The number of alkyl halides is 1. The standard InChI is InChI=1S/C13H27FN2/c1-12-6-4-7-13(10-12,16(2)3)11-15-9-5-8-14/h12,15H,4-11H2,1-3H3. The molecule has 0 heterocycles. The van der Waals surface area contributed by atoms with Gasteiger partial charge in [0.2, 0.25) is 0 Å². The number of hydrogen-bond donors (Lipinski definition) is 1. The number of halogens is 1. The van der Waals surface area contributed by atoms with Crippen LogP contribution < -0.4 is 5.32 Å². The van der Waals surface area contributed by atoms with Crippen molar-refractivity contribution in [3.05, 3.63) is 0 Å². The summed E-state index contributed by atoms with van der Waals surface area (Å²) in [7, 11) is 4.35. The lowest BCUT2D eigenvalue weighted by atomic mass is 9.75. The van der Waals surface area contributed by atoms with Gasteiger partial charge in [-0.1, -0.05) is 19.8 Å². The van der Waals surface area contributed by atoms with Crippen LogP contribution in [0.15, 0.2) is 0 Å². The highest BCUT2D eigenvalue weighted by Crippen LogP contribution is 2.35. The summed E-state index contributed by atoms with van der Waals surface area (Å²) in [5.41, 5.74) is 0.300. The Balaban J connectivity index is 2.45. The molecule has 0 aromatic rings. The van der Waals surface area contributed by atoms with Crippen LogP contribution in [0.25, 0.3) is 0 Å². The second-order valence-corrected chi connectivity index (χ2v) is 5.54. The predicted molar refractivity (Wildman–Crippen MR) is 67.5 cm³/mol. The van der Waals surface area contributed by atoms with Crippen LogP contribution in [-0.4, -0.2) is 44.3 Å². The lowest BCUT2D eigenvalue weighted by Crippen LogP contribution is -2.54. The number of nitrogens with zero attached hydrogens (tertiary/aromatic N) is 1. The second kappa shape index (κ2) is 6.55. The third-order valence-corrected chi connectivity index (χ3v) is 3.96. The highest BCUT2D eigenvalue weighted by Gasteiger charge is 2.36. The molecule has 0 aliphatic heterocycles. The van der Waals surface area contributed by atoms with Gasteiger partial charge in [0.25, 0.3) is 0 Å². The molecule has 1 aliphatic carbocycles. The van der Waals surface area contributed by atoms with Gasteiger partial charge in [-0.25, -0.2) is 0 Å². The molecule has 1 fully saturated rings. The Morgan fingerprint density at radius 1 is 1.44 bits per heavy atom. The van der Waals surface area contributed by atoms with Crippen molar-refractivity contribution in [2.75, 3.05) is 33.9 Å². The zero-order valence-electron chi connectivity index (χ0n) is 11.1. The Kier molecular flexibility index (Phi) is 5.70. The molecule has 0 spiro atoms. The lowest BCUT2D eigenvalue weighted by molar-refractivity contribution is 0.0752. The Labute approximate surface area is 99.6 Å². The van der Waals surface area contributed by atoms with Crippen LogP contribution in [0.1, 0.15) is 39.0 Å². The molecule has 0 amide bonds. The second-order valence-electron chi connectivity index (χ2n) is 5.54. The van der Waals surface area contributed by atoms with E-state index in [0.29, 0.717) is 12.0 Å². The van der Waals surface area contributed by atoms with Gasteiger partial charge in [-0.3, -0.25) is 4.39 Å². The van der Waals surface area contributed by atoms with Crippen molar-refractivity contribution >= 4 is 0 Å². The van der Waals surface area contributed by atoms with Crippen LogP contribution in [-0.2, 0) is 0 Å². The minimum Gasteiger partial charge on any atom is -0.315 e. The largest absolute Gasteiger partial charge is 0.315 e. The lowest BCUT2D eigenvalue weighted by Gasteiger charge is -2.45. The van der Waals surface area contributed by atoms with Crippen molar-refractivity contribution in [1.29, 1.82) is 0 Å². The topological polar surface area (TPSA) is 15.3 Å². The van der Waals surface area contributed by atoms with E-state index >= 15 is 0 Å². The van der Waals surface area contributed by atoms with Gasteiger partial charge in [-0.2, -0.15) is 0 Å². The molecule has 1 N–H and O–H groups in total.